The van der Waals surface area contributed by atoms with Crippen molar-refractivity contribution in [3.8, 4) is 0 Å². The van der Waals surface area contributed by atoms with Crippen molar-refractivity contribution >= 4 is 17.8 Å². The van der Waals surface area contributed by atoms with Crippen molar-refractivity contribution in [1.29, 1.82) is 0 Å². The lowest BCUT2D eigenvalue weighted by Crippen LogP contribution is -2.76. The normalized spacial score (nSPS) is 20.9. The first-order valence-corrected chi connectivity index (χ1v) is 12.3. The average Bonchev–Trinajstić information content (AvgIpc) is 2.84. The molecule has 2 heterocycles. The predicted octanol–water partition coefficient (Wildman–Crippen LogP) is 2.71. The molecule has 8 nitrogen and oxygen atoms in total. The number of rotatable bonds is 7. The molecule has 35 heavy (non-hydrogen) atoms. The number of nitrogens with zero attached hydrogens (tertiary/aromatic N) is 4. The van der Waals surface area contributed by atoms with Crippen molar-refractivity contribution in [3.05, 3.63) is 71.8 Å². The third-order valence-electron chi connectivity index (χ3n) is 6.64. The molecule has 2 aromatic rings. The standard InChI is InChI=1S/C27H35N5O3/c1-20(2)16-23-26(34)30(15-14-21-10-6-4-7-11-21)18-24-31(23)25(33)19-29(3)32(24)27(35)28-17-22-12-8-5-9-13-22/h4-13,20,23-24H,14-19H2,1-3H3,(H,28,35)/t23-,24-/m0/s1. The van der Waals surface area contributed by atoms with Crippen molar-refractivity contribution < 1.29 is 14.4 Å². The number of hydrogen-bond donors (Lipinski definition) is 1. The molecule has 0 aromatic heterocycles. The highest BCUT2D eigenvalue weighted by molar-refractivity contribution is 5.91. The number of urea groups is 1. The first-order chi connectivity index (χ1) is 16.8. The van der Waals surface area contributed by atoms with Crippen LogP contribution >= 0.6 is 0 Å². The van der Waals surface area contributed by atoms with Gasteiger partial charge in [0.1, 0.15) is 12.2 Å². The van der Waals surface area contributed by atoms with Crippen LogP contribution in [0.2, 0.25) is 0 Å². The molecule has 8 heteroatoms. The van der Waals surface area contributed by atoms with Gasteiger partial charge in [0.05, 0.1) is 13.1 Å². The molecule has 2 atom stereocenters. The largest absolute Gasteiger partial charge is 0.337 e. The fourth-order valence-corrected chi connectivity index (χ4v) is 4.94. The van der Waals surface area contributed by atoms with Crippen molar-refractivity contribution in [1.82, 2.24) is 25.1 Å². The maximum absolute atomic E-state index is 13.6. The van der Waals surface area contributed by atoms with E-state index in [1.807, 2.05) is 65.6 Å². The first-order valence-electron chi connectivity index (χ1n) is 12.3. The Labute approximate surface area is 207 Å². The minimum atomic E-state index is -0.574. The number of piperazine rings is 1. The quantitative estimate of drug-likeness (QED) is 0.665. The molecule has 0 spiro atoms. The van der Waals surface area contributed by atoms with Gasteiger partial charge in [0, 0.05) is 20.1 Å². The van der Waals surface area contributed by atoms with Crippen LogP contribution in [0.1, 0.15) is 31.4 Å². The van der Waals surface area contributed by atoms with Crippen LogP contribution in [-0.2, 0) is 22.6 Å². The van der Waals surface area contributed by atoms with Crippen molar-refractivity contribution in [2.24, 2.45) is 5.92 Å². The van der Waals surface area contributed by atoms with E-state index in [1.165, 1.54) is 0 Å². The summed E-state index contributed by atoms with van der Waals surface area (Å²) in [5.41, 5.74) is 2.15. The molecule has 2 saturated heterocycles. The van der Waals surface area contributed by atoms with E-state index >= 15 is 0 Å². The molecule has 2 aliphatic heterocycles. The molecular formula is C27H35N5O3. The average molecular weight is 478 g/mol. The number of benzene rings is 2. The highest BCUT2D eigenvalue weighted by atomic mass is 16.2. The Morgan fingerprint density at radius 2 is 1.63 bits per heavy atom. The molecule has 4 rings (SSSR count). The second-order valence-electron chi connectivity index (χ2n) is 9.75. The van der Waals surface area contributed by atoms with Gasteiger partial charge < -0.3 is 15.1 Å². The van der Waals surface area contributed by atoms with Crippen molar-refractivity contribution in [2.45, 2.75) is 45.4 Å². The monoisotopic (exact) mass is 477 g/mol. The van der Waals surface area contributed by atoms with Gasteiger partial charge in [-0.15, -0.1) is 0 Å². The molecule has 186 valence electrons. The number of carbonyl (C=O) groups excluding carboxylic acids is 3. The third-order valence-corrected chi connectivity index (χ3v) is 6.64. The van der Waals surface area contributed by atoms with E-state index in [4.69, 9.17) is 0 Å². The number of nitrogens with one attached hydrogen (secondary N) is 1. The number of hydrazine groups is 1. The predicted molar refractivity (Wildman–Crippen MR) is 134 cm³/mol. The molecule has 2 aromatic carbocycles. The summed E-state index contributed by atoms with van der Waals surface area (Å²) < 4.78 is 0. The summed E-state index contributed by atoms with van der Waals surface area (Å²) in [6, 6.07) is 18.9. The third kappa shape index (κ3) is 5.65. The van der Waals surface area contributed by atoms with Crippen LogP contribution in [0.15, 0.2) is 60.7 Å². The lowest BCUT2D eigenvalue weighted by Gasteiger charge is -2.54. The number of hydrogen-bond acceptors (Lipinski definition) is 4. The second kappa shape index (κ2) is 10.9. The van der Waals surface area contributed by atoms with E-state index in [1.54, 1.807) is 22.0 Å². The van der Waals surface area contributed by atoms with E-state index < -0.39 is 12.2 Å². The van der Waals surface area contributed by atoms with Crippen LogP contribution in [0.3, 0.4) is 0 Å². The summed E-state index contributed by atoms with van der Waals surface area (Å²) in [4.78, 5) is 43.6. The fourth-order valence-electron chi connectivity index (χ4n) is 4.94. The van der Waals surface area contributed by atoms with Crippen LogP contribution in [0.25, 0.3) is 0 Å². The molecule has 0 bridgehead atoms. The lowest BCUT2D eigenvalue weighted by molar-refractivity contribution is -0.187. The Kier molecular flexibility index (Phi) is 7.70. The number of carbonyl (C=O) groups is 3. The Bertz CT molecular complexity index is 1030. The minimum absolute atomic E-state index is 0.0339. The van der Waals surface area contributed by atoms with Gasteiger partial charge in [-0.1, -0.05) is 74.5 Å². The zero-order valence-electron chi connectivity index (χ0n) is 20.8. The van der Waals surface area contributed by atoms with Crippen LogP contribution in [0.4, 0.5) is 4.79 Å². The summed E-state index contributed by atoms with van der Waals surface area (Å²) in [5, 5.41) is 6.27. The van der Waals surface area contributed by atoms with Gasteiger partial charge in [0.15, 0.2) is 0 Å². The van der Waals surface area contributed by atoms with Gasteiger partial charge >= 0.3 is 6.03 Å². The maximum atomic E-state index is 13.6. The number of likely N-dealkylation sites (N-methyl/N-ethyl adjacent to an activating group) is 1. The molecule has 0 saturated carbocycles. The van der Waals surface area contributed by atoms with Crippen LogP contribution in [-0.4, -0.2) is 76.6 Å². The smallest absolute Gasteiger partial charge is 0.334 e. The Morgan fingerprint density at radius 3 is 2.26 bits per heavy atom. The van der Waals surface area contributed by atoms with Crippen LogP contribution < -0.4 is 5.32 Å². The summed E-state index contributed by atoms with van der Waals surface area (Å²) in [6.07, 6.45) is 0.735. The Hall–Kier alpha value is -3.39. The van der Waals surface area contributed by atoms with Crippen molar-refractivity contribution in [2.75, 3.05) is 26.7 Å². The molecule has 0 unspecified atom stereocenters. The van der Waals surface area contributed by atoms with Crippen LogP contribution in [0, 0.1) is 5.92 Å². The van der Waals surface area contributed by atoms with Crippen LogP contribution in [0.5, 0.6) is 0 Å². The summed E-state index contributed by atoms with van der Waals surface area (Å²) in [5.74, 6) is 0.0752. The molecule has 0 aliphatic carbocycles. The van der Waals surface area contributed by atoms with E-state index in [0.717, 1.165) is 17.5 Å². The van der Waals surface area contributed by atoms with E-state index in [2.05, 4.69) is 19.2 Å². The van der Waals surface area contributed by atoms with E-state index in [0.29, 0.717) is 19.5 Å². The lowest BCUT2D eigenvalue weighted by atomic mass is 9.96. The number of amides is 4. The molecule has 0 radical (unpaired) electrons. The zero-order chi connectivity index (χ0) is 24.9. The Balaban J connectivity index is 1.56. The topological polar surface area (TPSA) is 76.2 Å². The van der Waals surface area contributed by atoms with Gasteiger partial charge in [-0.2, -0.15) is 0 Å². The zero-order valence-corrected chi connectivity index (χ0v) is 20.8. The molecule has 1 N–H and O–H groups in total. The maximum Gasteiger partial charge on any atom is 0.334 e. The molecule has 4 amide bonds. The van der Waals surface area contributed by atoms with E-state index in [9.17, 15) is 14.4 Å². The van der Waals surface area contributed by atoms with Gasteiger partial charge in [0.25, 0.3) is 0 Å². The van der Waals surface area contributed by atoms with Gasteiger partial charge in [-0.3, -0.25) is 9.59 Å². The second-order valence-corrected chi connectivity index (χ2v) is 9.75. The summed E-state index contributed by atoms with van der Waals surface area (Å²) in [6.45, 7) is 5.37. The molecule has 2 aliphatic rings. The van der Waals surface area contributed by atoms with Gasteiger partial charge in [-0.25, -0.2) is 14.8 Å². The van der Waals surface area contributed by atoms with Gasteiger partial charge in [0.2, 0.25) is 11.8 Å². The van der Waals surface area contributed by atoms with Crippen molar-refractivity contribution in [3.63, 3.8) is 0 Å². The van der Waals surface area contributed by atoms with Gasteiger partial charge in [-0.05, 0) is 29.9 Å². The minimum Gasteiger partial charge on any atom is -0.337 e. The van der Waals surface area contributed by atoms with E-state index in [-0.39, 0.29) is 36.9 Å². The summed E-state index contributed by atoms with van der Waals surface area (Å²) >= 11 is 0. The Morgan fingerprint density at radius 1 is 1.00 bits per heavy atom. The molecular weight excluding hydrogens is 442 g/mol. The highest BCUT2D eigenvalue weighted by Crippen LogP contribution is 2.29. The fraction of sp³-hybridized carbons (Fsp3) is 0.444. The summed E-state index contributed by atoms with van der Waals surface area (Å²) in [7, 11) is 1.75. The molecule has 2 fully saturated rings. The number of fused-ring (bicyclic) bond motifs is 1. The SMILES string of the molecule is CC(C)C[C@H]1C(=O)N(CCc2ccccc2)C[C@H]2N1C(=O)CN(C)N2C(=O)NCc1ccccc1. The first kappa shape index (κ1) is 24.7. The highest BCUT2D eigenvalue weighted by Gasteiger charge is 2.50.